The minimum Gasteiger partial charge on any atom is -0.444 e. The third kappa shape index (κ3) is 9.12. The predicted molar refractivity (Wildman–Crippen MR) is 71.3 cm³/mol. The molecule has 0 aliphatic carbocycles. The molecule has 0 unspecified atom stereocenters. The predicted octanol–water partition coefficient (Wildman–Crippen LogP) is 1.26. The van der Waals surface area contributed by atoms with Gasteiger partial charge in [-0.25, -0.2) is 9.86 Å². The van der Waals surface area contributed by atoms with E-state index in [1.807, 2.05) is 0 Å². The van der Waals surface area contributed by atoms with Crippen LogP contribution in [0.3, 0.4) is 0 Å². The molecule has 0 rings (SSSR count). The van der Waals surface area contributed by atoms with Crippen LogP contribution in [0.4, 0.5) is 4.79 Å². The molecule has 0 fully saturated rings. The Morgan fingerprint density at radius 2 is 1.94 bits per heavy atom. The summed E-state index contributed by atoms with van der Waals surface area (Å²) >= 11 is 1.42. The normalized spacial score (nSPS) is 10.9. The summed E-state index contributed by atoms with van der Waals surface area (Å²) in [4.78, 5) is 27.3. The van der Waals surface area contributed by atoms with Crippen molar-refractivity contribution >= 4 is 23.8 Å². The fourth-order valence-electron chi connectivity index (χ4n) is 0.892. The van der Waals surface area contributed by atoms with Gasteiger partial charge in [-0.2, -0.15) is 11.8 Å². The zero-order valence-corrected chi connectivity index (χ0v) is 12.4. The van der Waals surface area contributed by atoms with Crippen LogP contribution in [0.2, 0.25) is 0 Å². The molecule has 0 aromatic rings. The molecule has 0 bridgehead atoms. The van der Waals surface area contributed by atoms with Crippen LogP contribution in [-0.2, 0) is 14.4 Å². The summed E-state index contributed by atoms with van der Waals surface area (Å²) in [6.07, 6.45) is -0.441. The number of carbonyl (C=O) groups is 2. The lowest BCUT2D eigenvalue weighted by molar-refractivity contribution is -0.165. The molecule has 0 heterocycles. The Balaban J connectivity index is 3.57. The van der Waals surface area contributed by atoms with Gasteiger partial charge in [0.15, 0.2) is 0 Å². The van der Waals surface area contributed by atoms with Gasteiger partial charge in [-0.15, -0.1) is 0 Å². The fraction of sp³-hybridized carbons (Fsp3) is 0.818. The highest BCUT2D eigenvalue weighted by molar-refractivity contribution is 7.99. The van der Waals surface area contributed by atoms with Crippen LogP contribution in [-0.4, -0.2) is 54.9 Å². The molecule has 0 aliphatic heterocycles. The lowest BCUT2D eigenvalue weighted by Crippen LogP contribution is -2.34. The van der Waals surface area contributed by atoms with E-state index in [4.69, 9.17) is 9.57 Å². The Labute approximate surface area is 112 Å². The first kappa shape index (κ1) is 17.1. The van der Waals surface area contributed by atoms with Crippen molar-refractivity contribution in [2.24, 2.45) is 0 Å². The number of nitrogens with zero attached hydrogens (tertiary/aromatic N) is 1. The summed E-state index contributed by atoms with van der Waals surface area (Å²) in [5.74, 6) is 0.850. The van der Waals surface area contributed by atoms with Gasteiger partial charge in [-0.05, 0) is 20.8 Å². The molecule has 0 atom stereocenters. The summed E-state index contributed by atoms with van der Waals surface area (Å²) in [6, 6.07) is 0. The van der Waals surface area contributed by atoms with E-state index in [-0.39, 0.29) is 5.91 Å². The smallest absolute Gasteiger partial charge is 0.407 e. The van der Waals surface area contributed by atoms with E-state index < -0.39 is 11.7 Å². The second-order valence-corrected chi connectivity index (χ2v) is 5.66. The minimum atomic E-state index is -0.492. The lowest BCUT2D eigenvalue weighted by atomic mass is 10.2. The average Bonchev–Trinajstić information content (AvgIpc) is 2.24. The van der Waals surface area contributed by atoms with E-state index in [0.29, 0.717) is 18.1 Å². The van der Waals surface area contributed by atoms with Crippen molar-refractivity contribution in [3.05, 3.63) is 0 Å². The Morgan fingerprint density at radius 1 is 1.33 bits per heavy atom. The maximum atomic E-state index is 11.3. The number of amides is 2. The van der Waals surface area contributed by atoms with Gasteiger partial charge in [0.2, 0.25) is 0 Å². The van der Waals surface area contributed by atoms with Gasteiger partial charge < -0.3 is 10.1 Å². The van der Waals surface area contributed by atoms with Gasteiger partial charge in [-0.1, -0.05) is 0 Å². The van der Waals surface area contributed by atoms with Crippen molar-refractivity contribution in [2.45, 2.75) is 26.4 Å². The first-order valence-corrected chi connectivity index (χ1v) is 6.77. The number of hydrogen-bond donors (Lipinski definition) is 1. The number of hydrogen-bond acceptors (Lipinski definition) is 5. The van der Waals surface area contributed by atoms with E-state index >= 15 is 0 Å². The van der Waals surface area contributed by atoms with Crippen LogP contribution in [0.15, 0.2) is 0 Å². The van der Waals surface area contributed by atoms with Gasteiger partial charge in [0.1, 0.15) is 5.60 Å². The SMILES string of the molecule is CON(C)C(=O)CSCCNC(=O)OC(C)(C)C. The summed E-state index contributed by atoms with van der Waals surface area (Å²) < 4.78 is 5.07. The van der Waals surface area contributed by atoms with Gasteiger partial charge in [0.05, 0.1) is 12.9 Å². The van der Waals surface area contributed by atoms with Crippen LogP contribution in [0.1, 0.15) is 20.8 Å². The summed E-state index contributed by atoms with van der Waals surface area (Å²) in [6.45, 7) is 5.88. The van der Waals surface area contributed by atoms with Crippen molar-refractivity contribution < 1.29 is 19.2 Å². The minimum absolute atomic E-state index is 0.111. The topological polar surface area (TPSA) is 67.9 Å². The zero-order valence-electron chi connectivity index (χ0n) is 11.6. The summed E-state index contributed by atoms with van der Waals surface area (Å²) in [5, 5.41) is 3.79. The molecule has 0 spiro atoms. The highest BCUT2D eigenvalue weighted by Crippen LogP contribution is 2.06. The Hall–Kier alpha value is -0.950. The monoisotopic (exact) mass is 278 g/mol. The van der Waals surface area contributed by atoms with Crippen LogP contribution in [0.25, 0.3) is 0 Å². The number of nitrogens with one attached hydrogen (secondary N) is 1. The van der Waals surface area contributed by atoms with Gasteiger partial charge in [0.25, 0.3) is 5.91 Å². The second-order valence-electron chi connectivity index (χ2n) is 4.56. The molecule has 7 heteroatoms. The summed E-state index contributed by atoms with van der Waals surface area (Å²) in [7, 11) is 2.99. The van der Waals surface area contributed by atoms with Crippen LogP contribution in [0, 0.1) is 0 Å². The van der Waals surface area contributed by atoms with E-state index in [0.717, 1.165) is 0 Å². The molecule has 1 N–H and O–H groups in total. The van der Waals surface area contributed by atoms with Crippen LogP contribution in [0.5, 0.6) is 0 Å². The van der Waals surface area contributed by atoms with Crippen molar-refractivity contribution in [1.29, 1.82) is 0 Å². The van der Waals surface area contributed by atoms with E-state index in [1.165, 1.54) is 23.9 Å². The Bertz CT molecular complexity index is 279. The van der Waals surface area contributed by atoms with Crippen molar-refractivity contribution in [1.82, 2.24) is 10.4 Å². The van der Waals surface area contributed by atoms with Crippen LogP contribution >= 0.6 is 11.8 Å². The van der Waals surface area contributed by atoms with Gasteiger partial charge >= 0.3 is 6.09 Å². The standard InChI is InChI=1S/C11H22N2O4S/c1-11(2,3)17-10(15)12-6-7-18-8-9(14)13(4)16-5/h6-8H2,1-5H3,(H,12,15). The third-order valence-electron chi connectivity index (χ3n) is 1.77. The van der Waals surface area contributed by atoms with E-state index in [1.54, 1.807) is 27.8 Å². The molecule has 106 valence electrons. The van der Waals surface area contributed by atoms with Crippen molar-refractivity contribution in [3.8, 4) is 0 Å². The molecule has 0 aromatic heterocycles. The number of ether oxygens (including phenoxy) is 1. The molecule has 0 radical (unpaired) electrons. The number of hydroxylamine groups is 2. The lowest BCUT2D eigenvalue weighted by Gasteiger charge is -2.19. The maximum absolute atomic E-state index is 11.3. The molecule has 0 aromatic carbocycles. The van der Waals surface area contributed by atoms with E-state index in [9.17, 15) is 9.59 Å². The van der Waals surface area contributed by atoms with Crippen molar-refractivity contribution in [3.63, 3.8) is 0 Å². The average molecular weight is 278 g/mol. The highest BCUT2D eigenvalue weighted by Gasteiger charge is 2.15. The molecular formula is C11H22N2O4S. The second kappa shape index (κ2) is 8.20. The molecule has 0 saturated carbocycles. The number of thioether (sulfide) groups is 1. The fourth-order valence-corrected chi connectivity index (χ4v) is 1.64. The quantitative estimate of drug-likeness (QED) is 0.585. The molecule has 18 heavy (non-hydrogen) atoms. The number of carbonyl (C=O) groups excluding carboxylic acids is 2. The van der Waals surface area contributed by atoms with E-state index in [2.05, 4.69) is 5.32 Å². The first-order chi connectivity index (χ1) is 8.26. The summed E-state index contributed by atoms with van der Waals surface area (Å²) in [5.41, 5.74) is -0.492. The van der Waals surface area contributed by atoms with Gasteiger partial charge in [0, 0.05) is 19.3 Å². The van der Waals surface area contributed by atoms with Crippen molar-refractivity contribution in [2.75, 3.05) is 32.2 Å². The first-order valence-electron chi connectivity index (χ1n) is 5.61. The molecule has 0 aliphatic rings. The Kier molecular flexibility index (Phi) is 7.77. The number of alkyl carbamates (subject to hydrolysis) is 1. The third-order valence-corrected chi connectivity index (χ3v) is 2.71. The largest absolute Gasteiger partial charge is 0.444 e. The Morgan fingerprint density at radius 3 is 2.44 bits per heavy atom. The van der Waals surface area contributed by atoms with Crippen LogP contribution < -0.4 is 5.32 Å². The maximum Gasteiger partial charge on any atom is 0.407 e. The van der Waals surface area contributed by atoms with Gasteiger partial charge in [-0.3, -0.25) is 9.63 Å². The molecule has 2 amide bonds. The number of rotatable bonds is 6. The molecular weight excluding hydrogens is 256 g/mol. The molecule has 0 saturated heterocycles. The molecule has 6 nitrogen and oxygen atoms in total. The highest BCUT2D eigenvalue weighted by atomic mass is 32.2. The zero-order chi connectivity index (χ0) is 14.2.